The van der Waals surface area contributed by atoms with E-state index in [4.69, 9.17) is 4.42 Å². The van der Waals surface area contributed by atoms with Crippen molar-refractivity contribution in [1.82, 2.24) is 5.32 Å². The minimum absolute atomic E-state index is 0.326. The Balaban J connectivity index is 1.84. The standard InChI is InChI=1S/C14H23NO/c1-11(13-7-4-3-5-8-13)15-12(2)14-9-6-10-16-14/h6,9-13,15H,3-5,7-8H2,1-2H3. The van der Waals surface area contributed by atoms with Crippen LogP contribution in [0.25, 0.3) is 0 Å². The van der Waals surface area contributed by atoms with Crippen molar-refractivity contribution < 1.29 is 4.42 Å². The molecule has 16 heavy (non-hydrogen) atoms. The molecule has 0 radical (unpaired) electrons. The van der Waals surface area contributed by atoms with E-state index in [0.717, 1.165) is 11.7 Å². The van der Waals surface area contributed by atoms with E-state index < -0.39 is 0 Å². The molecule has 0 bridgehead atoms. The highest BCUT2D eigenvalue weighted by Gasteiger charge is 2.21. The van der Waals surface area contributed by atoms with Gasteiger partial charge < -0.3 is 9.73 Å². The number of rotatable bonds is 4. The Bertz CT molecular complexity index is 288. The number of hydrogen-bond acceptors (Lipinski definition) is 2. The predicted octanol–water partition coefficient (Wildman–Crippen LogP) is 3.90. The Morgan fingerprint density at radius 3 is 2.62 bits per heavy atom. The van der Waals surface area contributed by atoms with Gasteiger partial charge in [0.15, 0.2) is 0 Å². The first-order chi connectivity index (χ1) is 7.77. The molecule has 0 saturated heterocycles. The van der Waals surface area contributed by atoms with Crippen LogP contribution in [0.3, 0.4) is 0 Å². The van der Waals surface area contributed by atoms with Gasteiger partial charge in [-0.25, -0.2) is 0 Å². The monoisotopic (exact) mass is 221 g/mol. The first-order valence-electron chi connectivity index (χ1n) is 6.57. The van der Waals surface area contributed by atoms with Crippen LogP contribution in [0, 0.1) is 5.92 Å². The van der Waals surface area contributed by atoms with E-state index in [1.54, 1.807) is 6.26 Å². The summed E-state index contributed by atoms with van der Waals surface area (Å²) in [7, 11) is 0. The fraction of sp³-hybridized carbons (Fsp3) is 0.714. The van der Waals surface area contributed by atoms with Gasteiger partial charge in [0.1, 0.15) is 5.76 Å². The third-order valence-corrected chi connectivity index (χ3v) is 3.84. The van der Waals surface area contributed by atoms with E-state index in [-0.39, 0.29) is 0 Å². The lowest BCUT2D eigenvalue weighted by atomic mass is 9.84. The second kappa shape index (κ2) is 5.53. The average Bonchev–Trinajstić information content (AvgIpc) is 2.83. The number of nitrogens with one attached hydrogen (secondary N) is 1. The summed E-state index contributed by atoms with van der Waals surface area (Å²) in [5, 5.41) is 3.66. The molecule has 1 fully saturated rings. The van der Waals surface area contributed by atoms with Gasteiger partial charge in [-0.05, 0) is 44.7 Å². The summed E-state index contributed by atoms with van der Waals surface area (Å²) in [5.74, 6) is 1.90. The van der Waals surface area contributed by atoms with Crippen molar-refractivity contribution in [2.24, 2.45) is 5.92 Å². The third kappa shape index (κ3) is 2.88. The van der Waals surface area contributed by atoms with E-state index in [9.17, 15) is 0 Å². The topological polar surface area (TPSA) is 25.2 Å². The quantitative estimate of drug-likeness (QED) is 0.834. The highest BCUT2D eigenvalue weighted by molar-refractivity contribution is 5.03. The third-order valence-electron chi connectivity index (χ3n) is 3.84. The maximum absolute atomic E-state index is 5.42. The van der Waals surface area contributed by atoms with Crippen LogP contribution in [0.2, 0.25) is 0 Å². The molecule has 90 valence electrons. The zero-order valence-electron chi connectivity index (χ0n) is 10.4. The van der Waals surface area contributed by atoms with Crippen molar-refractivity contribution in [3.05, 3.63) is 24.2 Å². The fourth-order valence-electron chi connectivity index (χ4n) is 2.78. The van der Waals surface area contributed by atoms with Gasteiger partial charge in [0.2, 0.25) is 0 Å². The van der Waals surface area contributed by atoms with Crippen molar-refractivity contribution in [2.75, 3.05) is 0 Å². The summed E-state index contributed by atoms with van der Waals surface area (Å²) < 4.78 is 5.42. The first kappa shape index (κ1) is 11.7. The maximum atomic E-state index is 5.42. The number of furan rings is 1. The molecule has 1 aliphatic carbocycles. The minimum atomic E-state index is 0.326. The smallest absolute Gasteiger partial charge is 0.120 e. The van der Waals surface area contributed by atoms with E-state index >= 15 is 0 Å². The molecule has 2 heteroatoms. The van der Waals surface area contributed by atoms with Crippen molar-refractivity contribution >= 4 is 0 Å². The van der Waals surface area contributed by atoms with Gasteiger partial charge >= 0.3 is 0 Å². The Kier molecular flexibility index (Phi) is 4.05. The van der Waals surface area contributed by atoms with Gasteiger partial charge in [0, 0.05) is 6.04 Å². The van der Waals surface area contributed by atoms with Crippen LogP contribution in [0.1, 0.15) is 57.8 Å². The molecular weight excluding hydrogens is 198 g/mol. The van der Waals surface area contributed by atoms with E-state index in [2.05, 4.69) is 19.2 Å². The molecule has 1 heterocycles. The molecule has 2 unspecified atom stereocenters. The molecule has 1 aromatic rings. The van der Waals surface area contributed by atoms with Crippen molar-refractivity contribution in [2.45, 2.75) is 58.0 Å². The summed E-state index contributed by atoms with van der Waals surface area (Å²) in [5.41, 5.74) is 0. The molecule has 0 aromatic carbocycles. The highest BCUT2D eigenvalue weighted by atomic mass is 16.3. The number of hydrogen-bond donors (Lipinski definition) is 1. The molecule has 2 nitrogen and oxygen atoms in total. The van der Waals surface area contributed by atoms with Crippen LogP contribution in [0.4, 0.5) is 0 Å². The predicted molar refractivity (Wildman–Crippen MR) is 66.3 cm³/mol. The van der Waals surface area contributed by atoms with Gasteiger partial charge in [0.05, 0.1) is 12.3 Å². The zero-order valence-corrected chi connectivity index (χ0v) is 10.4. The molecule has 2 rings (SSSR count). The van der Waals surface area contributed by atoms with Gasteiger partial charge in [-0.3, -0.25) is 0 Å². The van der Waals surface area contributed by atoms with E-state index in [1.807, 2.05) is 12.1 Å². The lowest BCUT2D eigenvalue weighted by molar-refractivity contribution is 0.259. The van der Waals surface area contributed by atoms with Crippen molar-refractivity contribution in [1.29, 1.82) is 0 Å². The molecule has 0 spiro atoms. The summed E-state index contributed by atoms with van der Waals surface area (Å²) in [6.45, 7) is 4.49. The fourth-order valence-corrected chi connectivity index (χ4v) is 2.78. The van der Waals surface area contributed by atoms with Crippen LogP contribution in [-0.4, -0.2) is 6.04 Å². The molecule has 0 amide bonds. The zero-order chi connectivity index (χ0) is 11.4. The van der Waals surface area contributed by atoms with E-state index in [1.165, 1.54) is 32.1 Å². The molecule has 1 N–H and O–H groups in total. The molecular formula is C14H23NO. The van der Waals surface area contributed by atoms with Crippen molar-refractivity contribution in [3.8, 4) is 0 Å². The highest BCUT2D eigenvalue weighted by Crippen LogP contribution is 2.27. The normalized spacial score (nSPS) is 21.9. The summed E-state index contributed by atoms with van der Waals surface area (Å²) in [6, 6.07) is 4.93. The second-order valence-electron chi connectivity index (χ2n) is 5.09. The van der Waals surface area contributed by atoms with Gasteiger partial charge in [-0.1, -0.05) is 19.3 Å². The summed E-state index contributed by atoms with van der Waals surface area (Å²) in [4.78, 5) is 0. The van der Waals surface area contributed by atoms with E-state index in [0.29, 0.717) is 12.1 Å². The lowest BCUT2D eigenvalue weighted by Gasteiger charge is -2.30. The van der Waals surface area contributed by atoms with Crippen LogP contribution < -0.4 is 5.32 Å². The molecule has 1 aromatic heterocycles. The molecule has 1 aliphatic rings. The van der Waals surface area contributed by atoms with Crippen LogP contribution in [-0.2, 0) is 0 Å². The Labute approximate surface area is 98.4 Å². The largest absolute Gasteiger partial charge is 0.468 e. The Morgan fingerprint density at radius 2 is 2.00 bits per heavy atom. The van der Waals surface area contributed by atoms with Gasteiger partial charge in [-0.2, -0.15) is 0 Å². The van der Waals surface area contributed by atoms with Crippen LogP contribution in [0.5, 0.6) is 0 Å². The molecule has 1 saturated carbocycles. The van der Waals surface area contributed by atoms with Crippen LogP contribution in [0.15, 0.2) is 22.8 Å². The van der Waals surface area contributed by atoms with Crippen LogP contribution >= 0.6 is 0 Å². The summed E-state index contributed by atoms with van der Waals surface area (Å²) in [6.07, 6.45) is 8.77. The Hall–Kier alpha value is -0.760. The van der Waals surface area contributed by atoms with Gasteiger partial charge in [0.25, 0.3) is 0 Å². The Morgan fingerprint density at radius 1 is 1.25 bits per heavy atom. The second-order valence-corrected chi connectivity index (χ2v) is 5.09. The maximum Gasteiger partial charge on any atom is 0.120 e. The SMILES string of the molecule is CC(NC(C)C1CCCCC1)c1ccco1. The summed E-state index contributed by atoms with van der Waals surface area (Å²) >= 11 is 0. The molecule has 0 aliphatic heterocycles. The lowest BCUT2D eigenvalue weighted by Crippen LogP contribution is -2.36. The van der Waals surface area contributed by atoms with Gasteiger partial charge in [-0.15, -0.1) is 0 Å². The first-order valence-corrected chi connectivity index (χ1v) is 6.57. The minimum Gasteiger partial charge on any atom is -0.468 e. The average molecular weight is 221 g/mol. The molecule has 2 atom stereocenters. The van der Waals surface area contributed by atoms with Crippen molar-refractivity contribution in [3.63, 3.8) is 0 Å².